The van der Waals surface area contributed by atoms with E-state index in [-0.39, 0.29) is 12.1 Å². The van der Waals surface area contributed by atoms with E-state index in [0.717, 1.165) is 19.4 Å². The number of urea groups is 1. The summed E-state index contributed by atoms with van der Waals surface area (Å²) in [5.41, 5.74) is 0.696. The van der Waals surface area contributed by atoms with Crippen LogP contribution in [0.2, 0.25) is 0 Å². The van der Waals surface area contributed by atoms with E-state index >= 15 is 0 Å². The first kappa shape index (κ1) is 19.8. The van der Waals surface area contributed by atoms with Crippen molar-refractivity contribution in [3.05, 3.63) is 18.2 Å². The van der Waals surface area contributed by atoms with Gasteiger partial charge in [-0.05, 0) is 44.4 Å². The van der Waals surface area contributed by atoms with Gasteiger partial charge in [-0.3, -0.25) is 4.90 Å². The van der Waals surface area contributed by atoms with Crippen molar-refractivity contribution >= 4 is 11.7 Å². The number of nitrogens with one attached hydrogen (secondary N) is 2. The summed E-state index contributed by atoms with van der Waals surface area (Å²) < 4.78 is 10.5. The van der Waals surface area contributed by atoms with E-state index in [2.05, 4.69) is 15.5 Å². The van der Waals surface area contributed by atoms with Gasteiger partial charge in [0.25, 0.3) is 0 Å². The highest BCUT2D eigenvalue weighted by molar-refractivity contribution is 5.89. The van der Waals surface area contributed by atoms with Crippen LogP contribution in [0.4, 0.5) is 10.5 Å². The number of carbonyl (C=O) groups excluding carboxylic acids is 1. The van der Waals surface area contributed by atoms with Gasteiger partial charge in [0.05, 0.1) is 14.2 Å². The highest BCUT2D eigenvalue weighted by Crippen LogP contribution is 2.30. The molecule has 1 aromatic carbocycles. The van der Waals surface area contributed by atoms with Crippen LogP contribution in [0.3, 0.4) is 0 Å². The first-order valence-electron chi connectivity index (χ1n) is 10.2. The lowest BCUT2D eigenvalue weighted by molar-refractivity contribution is 0.128. The van der Waals surface area contributed by atoms with Crippen molar-refractivity contribution < 1.29 is 14.3 Å². The van der Waals surface area contributed by atoms with Crippen LogP contribution in [0.15, 0.2) is 18.2 Å². The molecule has 0 aromatic heterocycles. The molecule has 2 aliphatic rings. The molecule has 1 aliphatic heterocycles. The topological polar surface area (TPSA) is 62.8 Å². The van der Waals surface area contributed by atoms with Crippen molar-refractivity contribution in [3.63, 3.8) is 0 Å². The molecular formula is C21H33N3O3. The molecule has 0 bridgehead atoms. The average molecular weight is 376 g/mol. The molecule has 1 saturated heterocycles. The molecule has 2 fully saturated rings. The number of anilines is 1. The molecule has 1 aromatic rings. The van der Waals surface area contributed by atoms with E-state index in [4.69, 9.17) is 9.47 Å². The van der Waals surface area contributed by atoms with Gasteiger partial charge in [0.2, 0.25) is 0 Å². The Bertz CT molecular complexity index is 615. The van der Waals surface area contributed by atoms with Crippen LogP contribution in [0.5, 0.6) is 11.5 Å². The zero-order chi connectivity index (χ0) is 19.1. The third-order valence-corrected chi connectivity index (χ3v) is 5.77. The maximum atomic E-state index is 12.5. The molecule has 3 rings (SSSR count). The summed E-state index contributed by atoms with van der Waals surface area (Å²) in [6.07, 6.45) is 10.3. The Kier molecular flexibility index (Phi) is 7.21. The van der Waals surface area contributed by atoms with Gasteiger partial charge in [-0.15, -0.1) is 0 Å². The van der Waals surface area contributed by atoms with Crippen molar-refractivity contribution in [3.8, 4) is 11.5 Å². The Hall–Kier alpha value is -1.95. The Morgan fingerprint density at radius 1 is 1.00 bits per heavy atom. The number of hydrogen-bond donors (Lipinski definition) is 2. The van der Waals surface area contributed by atoms with E-state index < -0.39 is 0 Å². The maximum Gasteiger partial charge on any atom is 0.319 e. The second-order valence-corrected chi connectivity index (χ2v) is 7.65. The van der Waals surface area contributed by atoms with Gasteiger partial charge >= 0.3 is 6.03 Å². The molecule has 6 nitrogen and oxygen atoms in total. The third kappa shape index (κ3) is 5.51. The molecular weight excluding hydrogens is 342 g/mol. The van der Waals surface area contributed by atoms with E-state index in [9.17, 15) is 4.79 Å². The predicted molar refractivity (Wildman–Crippen MR) is 108 cm³/mol. The van der Waals surface area contributed by atoms with Gasteiger partial charge in [0.15, 0.2) is 11.5 Å². The van der Waals surface area contributed by atoms with Crippen LogP contribution >= 0.6 is 0 Å². The number of ether oxygens (including phenoxy) is 2. The molecule has 1 unspecified atom stereocenters. The molecule has 1 aliphatic carbocycles. The molecule has 1 heterocycles. The normalized spacial score (nSPS) is 21.9. The lowest BCUT2D eigenvalue weighted by atomic mass is 10.00. The highest BCUT2D eigenvalue weighted by Gasteiger charge is 2.27. The van der Waals surface area contributed by atoms with Gasteiger partial charge in [0.1, 0.15) is 0 Å². The summed E-state index contributed by atoms with van der Waals surface area (Å²) >= 11 is 0. The summed E-state index contributed by atoms with van der Waals surface area (Å²) in [7, 11) is 3.19. The van der Waals surface area contributed by atoms with Crippen LogP contribution in [-0.4, -0.2) is 50.3 Å². The van der Waals surface area contributed by atoms with Gasteiger partial charge in [0, 0.05) is 30.4 Å². The predicted octanol–water partition coefficient (Wildman–Crippen LogP) is 4.01. The molecule has 2 amide bonds. The SMILES string of the molecule is COc1ccc(NC(=O)NC2CCCN(C3CCCCCC3)C2)cc1OC. The Morgan fingerprint density at radius 2 is 1.74 bits per heavy atom. The minimum absolute atomic E-state index is 0.157. The second-order valence-electron chi connectivity index (χ2n) is 7.65. The fraction of sp³-hybridized carbons (Fsp3) is 0.667. The van der Waals surface area contributed by atoms with Gasteiger partial charge in [-0.25, -0.2) is 4.79 Å². The molecule has 27 heavy (non-hydrogen) atoms. The van der Waals surface area contributed by atoms with Crippen LogP contribution in [0.1, 0.15) is 51.4 Å². The second kappa shape index (κ2) is 9.83. The lowest BCUT2D eigenvalue weighted by Gasteiger charge is -2.38. The largest absolute Gasteiger partial charge is 0.493 e. The minimum Gasteiger partial charge on any atom is -0.493 e. The fourth-order valence-electron chi connectivity index (χ4n) is 4.35. The van der Waals surface area contributed by atoms with E-state index in [0.29, 0.717) is 23.2 Å². The van der Waals surface area contributed by atoms with Crippen molar-refractivity contribution in [1.82, 2.24) is 10.2 Å². The van der Waals surface area contributed by atoms with Crippen molar-refractivity contribution in [1.29, 1.82) is 0 Å². The number of amides is 2. The quantitative estimate of drug-likeness (QED) is 0.763. The average Bonchev–Trinajstić information content (AvgIpc) is 2.97. The van der Waals surface area contributed by atoms with E-state index in [1.807, 2.05) is 6.07 Å². The smallest absolute Gasteiger partial charge is 0.319 e. The number of carbonyl (C=O) groups is 1. The monoisotopic (exact) mass is 375 g/mol. The standard InChI is InChI=1S/C21H33N3O3/c1-26-19-12-11-16(14-20(19)27-2)22-21(25)23-17-8-7-13-24(15-17)18-9-5-3-4-6-10-18/h11-12,14,17-18H,3-10,13,15H2,1-2H3,(H2,22,23,25). The zero-order valence-corrected chi connectivity index (χ0v) is 16.6. The van der Waals surface area contributed by atoms with Crippen molar-refractivity contribution in [2.24, 2.45) is 0 Å². The Labute approximate surface area is 162 Å². The van der Waals surface area contributed by atoms with Crippen LogP contribution in [-0.2, 0) is 0 Å². The molecule has 150 valence electrons. The van der Waals surface area contributed by atoms with Crippen molar-refractivity contribution in [2.75, 3.05) is 32.6 Å². The van der Waals surface area contributed by atoms with Crippen LogP contribution in [0, 0.1) is 0 Å². The molecule has 1 atom stereocenters. The maximum absolute atomic E-state index is 12.5. The molecule has 0 spiro atoms. The van der Waals surface area contributed by atoms with Crippen LogP contribution in [0.25, 0.3) is 0 Å². The van der Waals surface area contributed by atoms with Gasteiger partial charge in [-0.1, -0.05) is 25.7 Å². The van der Waals surface area contributed by atoms with Gasteiger partial charge in [-0.2, -0.15) is 0 Å². The number of likely N-dealkylation sites (tertiary alicyclic amines) is 1. The molecule has 1 saturated carbocycles. The summed E-state index contributed by atoms with van der Waals surface area (Å²) in [5, 5.41) is 6.07. The molecule has 2 N–H and O–H groups in total. The van der Waals surface area contributed by atoms with Crippen LogP contribution < -0.4 is 20.1 Å². The highest BCUT2D eigenvalue weighted by atomic mass is 16.5. The number of hydrogen-bond acceptors (Lipinski definition) is 4. The Balaban J connectivity index is 1.52. The lowest BCUT2D eigenvalue weighted by Crippen LogP contribution is -2.51. The number of benzene rings is 1. The summed E-state index contributed by atoms with van der Waals surface area (Å²) in [6, 6.07) is 6.14. The summed E-state index contributed by atoms with van der Waals surface area (Å²) in [4.78, 5) is 15.1. The number of rotatable bonds is 5. The zero-order valence-electron chi connectivity index (χ0n) is 16.6. The number of methoxy groups -OCH3 is 2. The van der Waals surface area contributed by atoms with E-state index in [1.54, 1.807) is 26.4 Å². The summed E-state index contributed by atoms with van der Waals surface area (Å²) in [5.74, 6) is 1.25. The summed E-state index contributed by atoms with van der Waals surface area (Å²) in [6.45, 7) is 2.13. The van der Waals surface area contributed by atoms with E-state index in [1.165, 1.54) is 45.1 Å². The molecule has 0 radical (unpaired) electrons. The first-order chi connectivity index (χ1) is 13.2. The third-order valence-electron chi connectivity index (χ3n) is 5.77. The van der Waals surface area contributed by atoms with Gasteiger partial charge < -0.3 is 20.1 Å². The number of piperidine rings is 1. The van der Waals surface area contributed by atoms with Crippen molar-refractivity contribution in [2.45, 2.75) is 63.5 Å². The molecule has 6 heteroatoms. The fourth-order valence-corrected chi connectivity index (χ4v) is 4.35. The minimum atomic E-state index is -0.157. The number of nitrogens with zero attached hydrogens (tertiary/aromatic N) is 1. The Morgan fingerprint density at radius 3 is 2.44 bits per heavy atom. The first-order valence-corrected chi connectivity index (χ1v) is 10.2.